The number of hydrogen-bond acceptors (Lipinski definition) is 15. The number of ketones is 1. The van der Waals surface area contributed by atoms with Gasteiger partial charge in [-0.2, -0.15) is 0 Å². The predicted octanol–water partition coefficient (Wildman–Crippen LogP) is -2.49. The minimum absolute atomic E-state index is 0.0198. The zero-order chi connectivity index (χ0) is 36.5. The van der Waals surface area contributed by atoms with Crippen molar-refractivity contribution in [3.8, 4) is 0 Å². The normalized spacial score (nSPS) is 30.5. The number of rotatable bonds is 9. The Morgan fingerprint density at radius 1 is 0.784 bits per heavy atom. The zero-order valence-corrected chi connectivity index (χ0v) is 32.0. The molecule has 2 amide bonds. The Kier molecular flexibility index (Phi) is 14.8. The van der Waals surface area contributed by atoms with Gasteiger partial charge in [-0.1, -0.05) is 0 Å². The molecule has 4 atom stereocenters. The molecule has 4 bridgehead atoms. The Labute approximate surface area is 305 Å². The Morgan fingerprint density at radius 2 is 1.29 bits per heavy atom. The van der Waals surface area contributed by atoms with Crippen LogP contribution in [0, 0.1) is 11.8 Å². The number of amides is 2. The summed E-state index contributed by atoms with van der Waals surface area (Å²) in [6.45, 7) is 6.45. The number of fused-ring (bicyclic) bond motifs is 7. The van der Waals surface area contributed by atoms with Crippen LogP contribution in [0.4, 0.5) is 0 Å². The summed E-state index contributed by atoms with van der Waals surface area (Å²) in [5.41, 5.74) is 0. The number of Topliss-reactive ketones (excluding diaryl/α,β-unsaturated/α-hetero) is 1. The number of nitrogens with one attached hydrogen (secondary N) is 1. The van der Waals surface area contributed by atoms with Gasteiger partial charge >= 0.3 is 195 Å². The first-order chi connectivity index (χ1) is 24.4. The molecule has 0 aromatic carbocycles. The summed E-state index contributed by atoms with van der Waals surface area (Å²) in [5.74, 6) is -2.65. The van der Waals surface area contributed by atoms with Crippen LogP contribution in [0.1, 0.15) is 58.3 Å². The van der Waals surface area contributed by atoms with Gasteiger partial charge in [-0.25, -0.2) is 0 Å². The molecule has 0 aromatic heterocycles. The topological polar surface area (TPSA) is 199 Å². The summed E-state index contributed by atoms with van der Waals surface area (Å²) in [4.78, 5) is 86.7. The van der Waals surface area contributed by atoms with E-state index in [4.69, 9.17) is 10.6 Å². The molecule has 51 heavy (non-hydrogen) atoms. The largest absolute Gasteiger partial charge is 0.475 e. The molecule has 0 spiro atoms. The third-order valence-corrected chi connectivity index (χ3v) is 13.6. The Hall–Kier alpha value is -2.52. The number of nitrogens with zero attached hydrogens (tertiary/aromatic N) is 5. The van der Waals surface area contributed by atoms with E-state index < -0.39 is 54.3 Å². The summed E-state index contributed by atoms with van der Waals surface area (Å²) in [6, 6.07) is -0.753. The number of carbonyl (C=O) groups excluding carboxylic acids is 6. The van der Waals surface area contributed by atoms with Crippen molar-refractivity contribution in [2.24, 2.45) is 11.8 Å². The Morgan fingerprint density at radius 3 is 1.80 bits per heavy atom. The van der Waals surface area contributed by atoms with E-state index in [0.29, 0.717) is 96.9 Å². The first-order valence-corrected chi connectivity index (χ1v) is 21.4. The van der Waals surface area contributed by atoms with E-state index in [-0.39, 0.29) is 49.7 Å². The number of likely N-dealkylation sites (tertiary alicyclic amines) is 1. The van der Waals surface area contributed by atoms with Crippen LogP contribution in [-0.4, -0.2) is 192 Å². The molecule has 4 aliphatic heterocycles. The molecule has 5 fully saturated rings. The van der Waals surface area contributed by atoms with Crippen molar-refractivity contribution in [3.05, 3.63) is 0 Å². The van der Waals surface area contributed by atoms with Crippen molar-refractivity contribution in [1.82, 2.24) is 29.8 Å². The van der Waals surface area contributed by atoms with Gasteiger partial charge < -0.3 is 20.3 Å². The van der Waals surface area contributed by atoms with Gasteiger partial charge in [0.2, 0.25) is 11.8 Å². The third kappa shape index (κ3) is 12.0. The molecule has 4 heterocycles. The smallest absolute Gasteiger partial charge is 0.426 e. The molecule has 5 aliphatic rings. The molecule has 17 nitrogen and oxygen atoms in total. The number of hydrogen-bond donors (Lipinski definition) is 3. The van der Waals surface area contributed by atoms with Gasteiger partial charge in [0.1, 0.15) is 6.04 Å². The van der Waals surface area contributed by atoms with E-state index in [1.54, 1.807) is 6.92 Å². The van der Waals surface area contributed by atoms with E-state index in [1.807, 2.05) is 14.7 Å². The predicted molar refractivity (Wildman–Crippen MR) is 182 cm³/mol. The maximum absolute atomic E-state index is 13.3. The number of carbonyl (C=O) groups is 6. The van der Waals surface area contributed by atoms with Crippen LogP contribution < -0.4 is 5.32 Å². The second kappa shape index (κ2) is 19.0. The standard InChI is InChI=1S/C32H55BN6O11.Ga/c1-23(32(48)39-10-2-3-27(39)33(49)50)34-31(47)25-7-4-24(5-8-25)6-9-26(40)19-35-11-13-36(20-28(41)42)15-17-38(22-30(45)46)18-16-37(14-12-35)21-29(43)44;/h23-25,27,49-50H,2-22H2,1H3,(H,34,47)(H,41,42)(H,43,44)(H,45,46);/q;+3/p-3/t23-,24?,25?,27+;/m1./s1. The molecule has 2 unspecified atom stereocenters. The first kappa shape index (κ1) is 39.7. The van der Waals surface area contributed by atoms with Crippen molar-refractivity contribution in [2.45, 2.75) is 70.3 Å². The molecule has 3 N–H and O–H groups in total. The molecule has 1 saturated carbocycles. The molecular weight excluding hydrogens is 725 g/mol. The molecule has 5 rings (SSSR count). The van der Waals surface area contributed by atoms with Gasteiger partial charge in [0.05, 0.1) is 5.94 Å². The van der Waals surface area contributed by atoms with Gasteiger partial charge in [0.25, 0.3) is 0 Å². The quantitative estimate of drug-likeness (QED) is 0.208. The average Bonchev–Trinajstić information content (AvgIpc) is 3.57. The molecule has 4 saturated heterocycles. The molecule has 19 heteroatoms. The second-order valence-corrected chi connectivity index (χ2v) is 17.2. The minimum Gasteiger partial charge on any atom is -0.426 e. The minimum atomic E-state index is -3.92. The van der Waals surface area contributed by atoms with Crippen LogP contribution in [0.2, 0.25) is 0 Å². The van der Waals surface area contributed by atoms with Gasteiger partial charge in [-0.3, -0.25) is 9.59 Å². The van der Waals surface area contributed by atoms with Crippen LogP contribution in [0.25, 0.3) is 0 Å². The second-order valence-electron chi connectivity index (χ2n) is 14.5. The fourth-order valence-electron chi connectivity index (χ4n) is 7.69. The monoisotopic (exact) mass is 776 g/mol. The van der Waals surface area contributed by atoms with Crippen molar-refractivity contribution in [2.75, 3.05) is 85.1 Å². The average molecular weight is 777 g/mol. The van der Waals surface area contributed by atoms with E-state index in [1.165, 1.54) is 4.90 Å². The van der Waals surface area contributed by atoms with Gasteiger partial charge in [-0.15, -0.1) is 0 Å². The van der Waals surface area contributed by atoms with Crippen molar-refractivity contribution < 1.29 is 49.4 Å². The van der Waals surface area contributed by atoms with Crippen LogP contribution in [0.5, 0.6) is 0 Å². The first-order valence-electron chi connectivity index (χ1n) is 18.4. The van der Waals surface area contributed by atoms with E-state index in [2.05, 4.69) is 10.2 Å². The van der Waals surface area contributed by atoms with Crippen molar-refractivity contribution in [3.63, 3.8) is 0 Å². The summed E-state index contributed by atoms with van der Waals surface area (Å²) in [6.07, 6.45) is 5.34. The van der Waals surface area contributed by atoms with Crippen LogP contribution in [0.3, 0.4) is 0 Å². The maximum atomic E-state index is 13.3. The molecule has 0 aromatic rings. The molecule has 282 valence electrons. The SMILES string of the molecule is C[C@@H](NC(=O)C1CCC(CCC(=O)CN2CCN3CCN4CCN(CC2)CC(=O)[O][Ga]([O]C(=O)C3)[O]C(=O)C4)CC1)C(=O)N1CCC[C@H]1B(O)O. The fourth-order valence-corrected chi connectivity index (χ4v) is 9.81. The van der Waals surface area contributed by atoms with E-state index >= 15 is 0 Å². The van der Waals surface area contributed by atoms with Gasteiger partial charge in [-0.05, 0) is 45.4 Å². The zero-order valence-electron chi connectivity index (χ0n) is 29.6. The van der Waals surface area contributed by atoms with Crippen LogP contribution >= 0.6 is 0 Å². The van der Waals surface area contributed by atoms with Crippen LogP contribution in [0.15, 0.2) is 0 Å². The van der Waals surface area contributed by atoms with Crippen LogP contribution in [-0.2, 0) is 39.4 Å². The third-order valence-electron chi connectivity index (χ3n) is 10.8. The molecule has 1 aliphatic carbocycles. The van der Waals surface area contributed by atoms with Gasteiger partial charge in [0.15, 0.2) is 0 Å². The van der Waals surface area contributed by atoms with E-state index in [0.717, 1.165) is 19.3 Å². The molecular formula is C32H52BGaN6O11. The maximum Gasteiger partial charge on any atom is 0.475 e. The summed E-state index contributed by atoms with van der Waals surface area (Å²) < 4.78 is 16.2. The van der Waals surface area contributed by atoms with E-state index in [9.17, 15) is 38.8 Å². The summed E-state index contributed by atoms with van der Waals surface area (Å²) in [7, 11) is -1.60. The van der Waals surface area contributed by atoms with Crippen molar-refractivity contribution in [1.29, 1.82) is 0 Å². The molecule has 0 radical (unpaired) electrons. The van der Waals surface area contributed by atoms with Gasteiger partial charge in [0, 0.05) is 12.5 Å². The van der Waals surface area contributed by atoms with Crippen molar-refractivity contribution >= 4 is 59.9 Å². The Bertz CT molecular complexity index is 1240. The fraction of sp³-hybridized carbons (Fsp3) is 0.812. The summed E-state index contributed by atoms with van der Waals surface area (Å²) >= 11 is -3.92. The Balaban J connectivity index is 1.09. The summed E-state index contributed by atoms with van der Waals surface area (Å²) in [5, 5.41) is 22.0.